The lowest BCUT2D eigenvalue weighted by atomic mass is 9.90. The number of hydrogen-bond donors (Lipinski definition) is 1. The van der Waals surface area contributed by atoms with Crippen molar-refractivity contribution in [1.29, 1.82) is 0 Å². The maximum Gasteiger partial charge on any atom is 0.137 e. The molecule has 1 aromatic heterocycles. The zero-order valence-electron chi connectivity index (χ0n) is 11.5. The molecule has 0 aliphatic carbocycles. The number of methoxy groups -OCH3 is 1. The largest absolute Gasteiger partial charge is 0.495 e. The third-order valence-electron chi connectivity index (χ3n) is 3.98. The molecule has 1 N–H and O–H groups in total. The smallest absolute Gasteiger partial charge is 0.137 e. The fraction of sp³-hybridized carbons (Fsp3) is 0.643. The number of nitrogens with zero attached hydrogens (tertiary/aromatic N) is 2. The molecule has 0 radical (unpaired) electrons. The second-order valence-corrected chi connectivity index (χ2v) is 4.96. The van der Waals surface area contributed by atoms with Gasteiger partial charge in [0.25, 0.3) is 0 Å². The Labute approximate surface area is 109 Å². The first-order chi connectivity index (χ1) is 8.74. The van der Waals surface area contributed by atoms with E-state index in [0.29, 0.717) is 6.04 Å². The Bertz CT molecular complexity index is 358. The van der Waals surface area contributed by atoms with Gasteiger partial charge in [0.1, 0.15) is 11.6 Å². The molecule has 1 saturated heterocycles. The zero-order chi connectivity index (χ0) is 13.0. The van der Waals surface area contributed by atoms with Gasteiger partial charge in [-0.3, -0.25) is 0 Å². The Balaban J connectivity index is 1.92. The van der Waals surface area contributed by atoms with E-state index >= 15 is 0 Å². The maximum absolute atomic E-state index is 5.13. The number of nitrogens with one attached hydrogen (secondary N) is 1. The molecule has 2 heterocycles. The summed E-state index contributed by atoms with van der Waals surface area (Å²) in [7, 11) is 3.71. The minimum absolute atomic E-state index is 0.607. The van der Waals surface area contributed by atoms with Gasteiger partial charge in [0.05, 0.1) is 13.3 Å². The van der Waals surface area contributed by atoms with Crippen LogP contribution in [0.1, 0.15) is 19.8 Å². The van der Waals surface area contributed by atoms with E-state index in [2.05, 4.69) is 22.1 Å². The highest BCUT2D eigenvalue weighted by Gasteiger charge is 2.23. The monoisotopic (exact) mass is 249 g/mol. The fourth-order valence-corrected chi connectivity index (χ4v) is 2.54. The predicted molar refractivity (Wildman–Crippen MR) is 74.2 cm³/mol. The molecule has 4 heteroatoms. The van der Waals surface area contributed by atoms with Crippen molar-refractivity contribution in [3.63, 3.8) is 0 Å². The number of rotatable bonds is 4. The Morgan fingerprint density at radius 3 is 2.61 bits per heavy atom. The summed E-state index contributed by atoms with van der Waals surface area (Å²) in [6.07, 6.45) is 4.25. The van der Waals surface area contributed by atoms with E-state index in [1.165, 1.54) is 12.8 Å². The standard InChI is InChI=1S/C14H23N3O/c1-11(15-2)12-6-8-17(9-7-12)14-5-4-13(18-3)10-16-14/h4-5,10-12,15H,6-9H2,1-3H3. The van der Waals surface area contributed by atoms with E-state index < -0.39 is 0 Å². The molecule has 0 bridgehead atoms. The summed E-state index contributed by atoms with van der Waals surface area (Å²) in [5, 5.41) is 3.35. The highest BCUT2D eigenvalue weighted by atomic mass is 16.5. The van der Waals surface area contributed by atoms with Crippen LogP contribution in [-0.4, -0.2) is 38.3 Å². The molecule has 4 nitrogen and oxygen atoms in total. The summed E-state index contributed by atoms with van der Waals surface area (Å²) in [6, 6.07) is 4.63. The van der Waals surface area contributed by atoms with Crippen molar-refractivity contribution in [1.82, 2.24) is 10.3 Å². The molecule has 0 saturated carbocycles. The lowest BCUT2D eigenvalue weighted by Crippen LogP contribution is -2.41. The van der Waals surface area contributed by atoms with E-state index in [1.807, 2.05) is 19.2 Å². The van der Waals surface area contributed by atoms with Crippen molar-refractivity contribution in [2.24, 2.45) is 5.92 Å². The van der Waals surface area contributed by atoms with E-state index in [-0.39, 0.29) is 0 Å². The van der Waals surface area contributed by atoms with Crippen LogP contribution in [-0.2, 0) is 0 Å². The molecule has 1 aromatic rings. The molecule has 1 atom stereocenters. The third-order valence-corrected chi connectivity index (χ3v) is 3.98. The van der Waals surface area contributed by atoms with Gasteiger partial charge < -0.3 is 15.0 Å². The molecule has 0 amide bonds. The SMILES string of the molecule is CNC(C)C1CCN(c2ccc(OC)cn2)CC1. The predicted octanol–water partition coefficient (Wildman–Crippen LogP) is 1.91. The summed E-state index contributed by atoms with van der Waals surface area (Å²) in [5.74, 6) is 2.66. The molecule has 1 aliphatic heterocycles. The number of pyridine rings is 1. The molecule has 1 aliphatic rings. The van der Waals surface area contributed by atoms with Gasteiger partial charge in [-0.1, -0.05) is 0 Å². The minimum atomic E-state index is 0.607. The molecule has 1 fully saturated rings. The summed E-state index contributed by atoms with van der Waals surface area (Å²) < 4.78 is 5.13. The van der Waals surface area contributed by atoms with Crippen LogP contribution in [0.3, 0.4) is 0 Å². The Kier molecular flexibility index (Phi) is 4.42. The molecular weight excluding hydrogens is 226 g/mol. The summed E-state index contributed by atoms with van der Waals surface area (Å²) >= 11 is 0. The number of aromatic nitrogens is 1. The van der Waals surface area contributed by atoms with Gasteiger partial charge in [-0.25, -0.2) is 4.98 Å². The van der Waals surface area contributed by atoms with Gasteiger partial charge >= 0.3 is 0 Å². The van der Waals surface area contributed by atoms with Gasteiger partial charge in [-0.2, -0.15) is 0 Å². The van der Waals surface area contributed by atoms with Gasteiger partial charge in [-0.15, -0.1) is 0 Å². The highest BCUT2D eigenvalue weighted by molar-refractivity contribution is 5.41. The summed E-state index contributed by atoms with van der Waals surface area (Å²) in [6.45, 7) is 4.46. The van der Waals surface area contributed by atoms with Crippen LogP contribution >= 0.6 is 0 Å². The number of anilines is 1. The van der Waals surface area contributed by atoms with Crippen molar-refractivity contribution in [3.8, 4) is 5.75 Å². The first-order valence-electron chi connectivity index (χ1n) is 6.67. The van der Waals surface area contributed by atoms with Gasteiger partial charge in [0, 0.05) is 19.1 Å². The van der Waals surface area contributed by atoms with Crippen LogP contribution in [0.2, 0.25) is 0 Å². The number of piperidine rings is 1. The zero-order valence-corrected chi connectivity index (χ0v) is 11.5. The number of ether oxygens (including phenoxy) is 1. The van der Waals surface area contributed by atoms with E-state index in [4.69, 9.17) is 4.74 Å². The van der Waals surface area contributed by atoms with Crippen molar-refractivity contribution in [3.05, 3.63) is 18.3 Å². The van der Waals surface area contributed by atoms with E-state index in [0.717, 1.165) is 30.6 Å². The fourth-order valence-electron chi connectivity index (χ4n) is 2.54. The topological polar surface area (TPSA) is 37.4 Å². The van der Waals surface area contributed by atoms with Crippen molar-refractivity contribution < 1.29 is 4.74 Å². The lowest BCUT2D eigenvalue weighted by Gasteiger charge is -2.35. The number of hydrogen-bond acceptors (Lipinski definition) is 4. The normalized spacial score (nSPS) is 18.7. The van der Waals surface area contributed by atoms with Crippen LogP contribution < -0.4 is 15.0 Å². The second kappa shape index (κ2) is 6.05. The van der Waals surface area contributed by atoms with Crippen LogP contribution in [0.15, 0.2) is 18.3 Å². The second-order valence-electron chi connectivity index (χ2n) is 4.96. The van der Waals surface area contributed by atoms with Gasteiger partial charge in [0.15, 0.2) is 0 Å². The van der Waals surface area contributed by atoms with E-state index in [1.54, 1.807) is 13.3 Å². The molecule has 1 unspecified atom stereocenters. The maximum atomic E-state index is 5.13. The Hall–Kier alpha value is -1.29. The van der Waals surface area contributed by atoms with Crippen molar-refractivity contribution in [2.75, 3.05) is 32.1 Å². The third kappa shape index (κ3) is 2.93. The van der Waals surface area contributed by atoms with Crippen molar-refractivity contribution in [2.45, 2.75) is 25.8 Å². The average molecular weight is 249 g/mol. The molecule has 0 spiro atoms. The molecule has 2 rings (SSSR count). The van der Waals surface area contributed by atoms with Crippen LogP contribution in [0.5, 0.6) is 5.75 Å². The van der Waals surface area contributed by atoms with Crippen LogP contribution in [0.25, 0.3) is 0 Å². The first-order valence-corrected chi connectivity index (χ1v) is 6.67. The van der Waals surface area contributed by atoms with Crippen LogP contribution in [0, 0.1) is 5.92 Å². The first kappa shape index (κ1) is 13.1. The quantitative estimate of drug-likeness (QED) is 0.884. The minimum Gasteiger partial charge on any atom is -0.495 e. The van der Waals surface area contributed by atoms with Crippen molar-refractivity contribution >= 4 is 5.82 Å². The van der Waals surface area contributed by atoms with Gasteiger partial charge in [0.2, 0.25) is 0 Å². The lowest BCUT2D eigenvalue weighted by molar-refractivity contribution is 0.323. The van der Waals surface area contributed by atoms with Crippen LogP contribution in [0.4, 0.5) is 5.82 Å². The molecule has 0 aromatic carbocycles. The van der Waals surface area contributed by atoms with E-state index in [9.17, 15) is 0 Å². The summed E-state index contributed by atoms with van der Waals surface area (Å²) in [4.78, 5) is 6.81. The Morgan fingerprint density at radius 1 is 1.39 bits per heavy atom. The highest BCUT2D eigenvalue weighted by Crippen LogP contribution is 2.24. The Morgan fingerprint density at radius 2 is 2.11 bits per heavy atom. The molecule has 100 valence electrons. The van der Waals surface area contributed by atoms with Gasteiger partial charge in [-0.05, 0) is 44.9 Å². The molecular formula is C14H23N3O. The average Bonchev–Trinajstić information content (AvgIpc) is 2.47. The summed E-state index contributed by atoms with van der Waals surface area (Å²) in [5.41, 5.74) is 0. The molecule has 18 heavy (non-hydrogen) atoms.